The summed E-state index contributed by atoms with van der Waals surface area (Å²) in [6.07, 6.45) is -4.37. The Labute approximate surface area is 106 Å². The summed E-state index contributed by atoms with van der Waals surface area (Å²) < 4.78 is 65.5. The highest BCUT2D eigenvalue weighted by atomic mass is 32.2. The largest absolute Gasteiger partial charge is 0.390 e. The summed E-state index contributed by atoms with van der Waals surface area (Å²) in [6.45, 7) is 2.39. The van der Waals surface area contributed by atoms with E-state index < -0.39 is 28.4 Å². The maximum atomic E-state index is 12.0. The monoisotopic (exact) mass is 291 g/mol. The zero-order valence-corrected chi connectivity index (χ0v) is 11.5. The van der Waals surface area contributed by atoms with Gasteiger partial charge in [-0.15, -0.1) is 0 Å². The van der Waals surface area contributed by atoms with E-state index in [1.165, 1.54) is 7.11 Å². The lowest BCUT2D eigenvalue weighted by atomic mass is 10.3. The standard InChI is InChI=1S/C10H20F3NO3S/c1-3-4-6-14(7-8-17-2)18(15,16)9-5-10(11,12)13/h3-9H2,1-2H3. The number of ether oxygens (including phenoxy) is 1. The molecule has 0 spiro atoms. The van der Waals surface area contributed by atoms with Gasteiger partial charge < -0.3 is 4.74 Å². The Morgan fingerprint density at radius 1 is 1.22 bits per heavy atom. The first-order valence-corrected chi connectivity index (χ1v) is 7.37. The van der Waals surface area contributed by atoms with E-state index in [1.807, 2.05) is 6.92 Å². The highest BCUT2D eigenvalue weighted by Crippen LogP contribution is 2.21. The zero-order chi connectivity index (χ0) is 14.2. The maximum Gasteiger partial charge on any atom is 0.390 e. The van der Waals surface area contributed by atoms with Crippen LogP contribution in [0.1, 0.15) is 26.2 Å². The van der Waals surface area contributed by atoms with E-state index in [0.717, 1.165) is 10.7 Å². The number of hydrogen-bond donors (Lipinski definition) is 0. The van der Waals surface area contributed by atoms with Gasteiger partial charge in [-0.05, 0) is 6.42 Å². The van der Waals surface area contributed by atoms with Crippen molar-refractivity contribution >= 4 is 10.0 Å². The number of sulfonamides is 1. The molecule has 0 bridgehead atoms. The molecule has 0 saturated heterocycles. The summed E-state index contributed by atoms with van der Waals surface area (Å²) >= 11 is 0. The molecule has 0 unspecified atom stereocenters. The number of rotatable bonds is 9. The summed E-state index contributed by atoms with van der Waals surface area (Å²) in [7, 11) is -2.45. The number of methoxy groups -OCH3 is 1. The van der Waals surface area contributed by atoms with Crippen molar-refractivity contribution in [2.75, 3.05) is 32.6 Å². The summed E-state index contributed by atoms with van der Waals surface area (Å²) in [6, 6.07) is 0. The van der Waals surface area contributed by atoms with Crippen LogP contribution in [0.25, 0.3) is 0 Å². The van der Waals surface area contributed by atoms with Crippen LogP contribution in [0.4, 0.5) is 13.2 Å². The van der Waals surface area contributed by atoms with E-state index in [-0.39, 0.29) is 19.7 Å². The molecule has 0 aromatic carbocycles. The minimum Gasteiger partial charge on any atom is -0.383 e. The van der Waals surface area contributed by atoms with Gasteiger partial charge >= 0.3 is 6.18 Å². The van der Waals surface area contributed by atoms with Gasteiger partial charge in [-0.3, -0.25) is 0 Å². The fraction of sp³-hybridized carbons (Fsp3) is 1.00. The average molecular weight is 291 g/mol. The second-order valence-corrected chi connectivity index (χ2v) is 6.02. The Balaban J connectivity index is 4.53. The summed E-state index contributed by atoms with van der Waals surface area (Å²) in [5.41, 5.74) is 0. The molecule has 0 aliphatic rings. The molecule has 0 radical (unpaired) electrons. The van der Waals surface area contributed by atoms with E-state index >= 15 is 0 Å². The van der Waals surface area contributed by atoms with Crippen molar-refractivity contribution in [1.29, 1.82) is 0 Å². The molecule has 0 aliphatic heterocycles. The van der Waals surface area contributed by atoms with E-state index in [4.69, 9.17) is 4.74 Å². The molecule has 8 heteroatoms. The van der Waals surface area contributed by atoms with Crippen LogP contribution in [-0.2, 0) is 14.8 Å². The van der Waals surface area contributed by atoms with Crippen LogP contribution in [0, 0.1) is 0 Å². The number of unbranched alkanes of at least 4 members (excludes halogenated alkanes) is 1. The molecular formula is C10H20F3NO3S. The van der Waals surface area contributed by atoms with Gasteiger partial charge in [0.1, 0.15) is 0 Å². The molecule has 0 atom stereocenters. The quantitative estimate of drug-likeness (QED) is 0.653. The van der Waals surface area contributed by atoms with Crippen LogP contribution < -0.4 is 0 Å². The third-order valence-corrected chi connectivity index (χ3v) is 4.21. The Kier molecular flexibility index (Phi) is 7.81. The Morgan fingerprint density at radius 2 is 1.83 bits per heavy atom. The molecular weight excluding hydrogens is 271 g/mol. The predicted molar refractivity (Wildman–Crippen MR) is 62.8 cm³/mol. The normalized spacial score (nSPS) is 13.2. The number of halogens is 3. The zero-order valence-electron chi connectivity index (χ0n) is 10.7. The second-order valence-electron chi connectivity index (χ2n) is 3.93. The fourth-order valence-corrected chi connectivity index (χ4v) is 2.80. The molecule has 4 nitrogen and oxygen atoms in total. The summed E-state index contributed by atoms with van der Waals surface area (Å²) in [5.74, 6) is -0.899. The molecule has 0 saturated carbocycles. The second kappa shape index (κ2) is 7.96. The molecule has 0 amide bonds. The van der Waals surface area contributed by atoms with Crippen molar-refractivity contribution in [2.45, 2.75) is 32.4 Å². The lowest BCUT2D eigenvalue weighted by molar-refractivity contribution is -0.130. The van der Waals surface area contributed by atoms with E-state index in [2.05, 4.69) is 0 Å². The van der Waals surface area contributed by atoms with Gasteiger partial charge in [0.25, 0.3) is 0 Å². The molecule has 0 fully saturated rings. The first kappa shape index (κ1) is 17.7. The molecule has 0 rings (SSSR count). The molecule has 0 aromatic rings. The molecule has 0 aromatic heterocycles. The number of nitrogens with zero attached hydrogens (tertiary/aromatic N) is 1. The fourth-order valence-electron chi connectivity index (χ4n) is 1.29. The van der Waals surface area contributed by atoms with Crippen LogP contribution in [0.2, 0.25) is 0 Å². The van der Waals surface area contributed by atoms with Crippen molar-refractivity contribution < 1.29 is 26.3 Å². The highest BCUT2D eigenvalue weighted by molar-refractivity contribution is 7.89. The predicted octanol–water partition coefficient (Wildman–Crippen LogP) is 2.02. The van der Waals surface area contributed by atoms with Crippen LogP contribution in [0.5, 0.6) is 0 Å². The van der Waals surface area contributed by atoms with E-state index in [1.54, 1.807) is 0 Å². The van der Waals surface area contributed by atoms with Crippen molar-refractivity contribution in [3.8, 4) is 0 Å². The topological polar surface area (TPSA) is 46.6 Å². The molecule has 0 N–H and O–H groups in total. The Morgan fingerprint density at radius 3 is 2.28 bits per heavy atom. The van der Waals surface area contributed by atoms with Gasteiger partial charge in [0.05, 0.1) is 18.8 Å². The minimum atomic E-state index is -4.45. The summed E-state index contributed by atoms with van der Waals surface area (Å²) in [4.78, 5) is 0. The van der Waals surface area contributed by atoms with Crippen LogP contribution in [0.3, 0.4) is 0 Å². The van der Waals surface area contributed by atoms with Gasteiger partial charge in [0.2, 0.25) is 10.0 Å². The van der Waals surface area contributed by atoms with E-state index in [0.29, 0.717) is 6.42 Å². The van der Waals surface area contributed by atoms with Crippen molar-refractivity contribution in [1.82, 2.24) is 4.31 Å². The SMILES string of the molecule is CCCCN(CCOC)S(=O)(=O)CCC(F)(F)F. The summed E-state index contributed by atoms with van der Waals surface area (Å²) in [5, 5.41) is 0. The average Bonchev–Trinajstić information content (AvgIpc) is 2.25. The van der Waals surface area contributed by atoms with Crippen molar-refractivity contribution in [3.05, 3.63) is 0 Å². The van der Waals surface area contributed by atoms with Gasteiger partial charge in [0, 0.05) is 20.2 Å². The maximum absolute atomic E-state index is 12.0. The van der Waals surface area contributed by atoms with Gasteiger partial charge in [-0.2, -0.15) is 17.5 Å². The van der Waals surface area contributed by atoms with Gasteiger partial charge in [-0.1, -0.05) is 13.3 Å². The molecule has 18 heavy (non-hydrogen) atoms. The Hall–Kier alpha value is -0.340. The third-order valence-electron chi connectivity index (χ3n) is 2.34. The van der Waals surface area contributed by atoms with Crippen molar-refractivity contribution in [3.63, 3.8) is 0 Å². The minimum absolute atomic E-state index is 0.0939. The van der Waals surface area contributed by atoms with Crippen LogP contribution in [0.15, 0.2) is 0 Å². The lowest BCUT2D eigenvalue weighted by Gasteiger charge is -2.22. The molecule has 0 aliphatic carbocycles. The highest BCUT2D eigenvalue weighted by Gasteiger charge is 2.32. The van der Waals surface area contributed by atoms with Crippen LogP contribution >= 0.6 is 0 Å². The lowest BCUT2D eigenvalue weighted by Crippen LogP contribution is -2.37. The van der Waals surface area contributed by atoms with Gasteiger partial charge in [-0.25, -0.2) is 8.42 Å². The number of alkyl halides is 3. The smallest absolute Gasteiger partial charge is 0.383 e. The first-order chi connectivity index (χ1) is 8.23. The third kappa shape index (κ3) is 7.88. The number of hydrogen-bond acceptors (Lipinski definition) is 3. The molecule has 110 valence electrons. The van der Waals surface area contributed by atoms with E-state index in [9.17, 15) is 21.6 Å². The first-order valence-electron chi connectivity index (χ1n) is 5.76. The Bertz CT molecular complexity index is 309. The molecule has 0 heterocycles. The van der Waals surface area contributed by atoms with Crippen molar-refractivity contribution in [2.24, 2.45) is 0 Å². The van der Waals surface area contributed by atoms with Crippen LogP contribution in [-0.4, -0.2) is 51.5 Å². The van der Waals surface area contributed by atoms with Gasteiger partial charge in [0.15, 0.2) is 0 Å².